The molecule has 0 fully saturated rings. The van der Waals surface area contributed by atoms with Gasteiger partial charge in [-0.15, -0.1) is 0 Å². The van der Waals surface area contributed by atoms with Crippen LogP contribution in [-0.4, -0.2) is 13.2 Å². The van der Waals surface area contributed by atoms with Gasteiger partial charge >= 0.3 is 26.7 Å². The van der Waals surface area contributed by atoms with Crippen molar-refractivity contribution in [3.05, 3.63) is 0 Å². The van der Waals surface area contributed by atoms with Gasteiger partial charge in [0.1, 0.15) is 0 Å². The van der Waals surface area contributed by atoms with Gasteiger partial charge in [-0.1, -0.05) is 0 Å². The Kier molecular flexibility index (Phi) is 10.4. The Balaban J connectivity index is 0. The van der Waals surface area contributed by atoms with Crippen molar-refractivity contribution in [2.24, 2.45) is 0 Å². The standard InChI is InChI=1S/C4H11O6P.Li/c1-3-7-9-11(5,6)10-8-4-2;/h3-4H2,1-2H3,(H,5,6);/q;+1/p-1. The van der Waals surface area contributed by atoms with Crippen LogP contribution in [0.2, 0.25) is 0 Å². The van der Waals surface area contributed by atoms with Crippen LogP contribution in [0.4, 0.5) is 0 Å². The number of rotatable bonds is 6. The summed E-state index contributed by atoms with van der Waals surface area (Å²) >= 11 is 0. The van der Waals surface area contributed by atoms with E-state index in [0.717, 1.165) is 0 Å². The third-order valence-corrected chi connectivity index (χ3v) is 1.10. The SMILES string of the molecule is CCOOP(=O)([O-])OOCC.[Li+]. The fourth-order valence-electron chi connectivity index (χ4n) is 0.247. The Bertz CT molecular complexity index is 130. The summed E-state index contributed by atoms with van der Waals surface area (Å²) in [6.45, 7) is 3.37. The van der Waals surface area contributed by atoms with Crippen LogP contribution >= 0.6 is 7.82 Å². The quantitative estimate of drug-likeness (QED) is 0.199. The summed E-state index contributed by atoms with van der Waals surface area (Å²) in [5, 5.41) is 0. The fraction of sp³-hybridized carbons (Fsp3) is 1.00. The molecule has 8 heteroatoms. The van der Waals surface area contributed by atoms with E-state index in [1.807, 2.05) is 0 Å². The van der Waals surface area contributed by atoms with E-state index in [2.05, 4.69) is 19.1 Å². The monoisotopic (exact) mass is 192 g/mol. The molecular formula is C4H10LiO6P. The molecule has 0 spiro atoms. The van der Waals surface area contributed by atoms with E-state index in [0.29, 0.717) is 0 Å². The van der Waals surface area contributed by atoms with E-state index in [4.69, 9.17) is 0 Å². The predicted molar refractivity (Wildman–Crippen MR) is 33.0 cm³/mol. The molecule has 0 rings (SSSR count). The van der Waals surface area contributed by atoms with Crippen LogP contribution < -0.4 is 23.8 Å². The fourth-order valence-corrected chi connectivity index (χ4v) is 0.741. The van der Waals surface area contributed by atoms with Crippen LogP contribution in [0.1, 0.15) is 13.8 Å². The first-order valence-electron chi connectivity index (χ1n) is 3.06. The first kappa shape index (κ1) is 15.1. The first-order valence-corrected chi connectivity index (χ1v) is 4.52. The number of hydrogen-bond acceptors (Lipinski definition) is 6. The molecule has 0 saturated heterocycles. The molecular weight excluding hydrogens is 182 g/mol. The van der Waals surface area contributed by atoms with Crippen LogP contribution in [-0.2, 0) is 23.7 Å². The van der Waals surface area contributed by atoms with Crippen molar-refractivity contribution in [2.45, 2.75) is 13.8 Å². The Morgan fingerprint density at radius 2 is 1.50 bits per heavy atom. The summed E-state index contributed by atoms with van der Waals surface area (Å²) in [5.41, 5.74) is 0. The minimum absolute atomic E-state index is 0. The van der Waals surface area contributed by atoms with Crippen molar-refractivity contribution in [3.8, 4) is 0 Å². The molecule has 6 nitrogen and oxygen atoms in total. The second kappa shape index (κ2) is 8.24. The largest absolute Gasteiger partial charge is 1.00 e. The van der Waals surface area contributed by atoms with Gasteiger partial charge < -0.3 is 4.89 Å². The molecule has 0 atom stereocenters. The Morgan fingerprint density at radius 3 is 1.75 bits per heavy atom. The summed E-state index contributed by atoms with van der Waals surface area (Å²) in [6.07, 6.45) is 0. The first-order chi connectivity index (χ1) is 5.12. The van der Waals surface area contributed by atoms with Crippen LogP contribution in [0.25, 0.3) is 0 Å². The second-order valence-electron chi connectivity index (χ2n) is 1.41. The van der Waals surface area contributed by atoms with Crippen molar-refractivity contribution in [2.75, 3.05) is 13.2 Å². The molecule has 0 aromatic rings. The predicted octanol–water partition coefficient (Wildman–Crippen LogP) is -2.60. The van der Waals surface area contributed by atoms with Gasteiger partial charge in [0.2, 0.25) is 0 Å². The van der Waals surface area contributed by atoms with E-state index >= 15 is 0 Å². The van der Waals surface area contributed by atoms with Crippen molar-refractivity contribution in [3.63, 3.8) is 0 Å². The Morgan fingerprint density at radius 1 is 1.17 bits per heavy atom. The minimum Gasteiger partial charge on any atom is -0.753 e. The maximum Gasteiger partial charge on any atom is 1.00 e. The van der Waals surface area contributed by atoms with E-state index in [-0.39, 0.29) is 32.1 Å². The van der Waals surface area contributed by atoms with Crippen LogP contribution in [0.3, 0.4) is 0 Å². The summed E-state index contributed by atoms with van der Waals surface area (Å²) in [7, 11) is -4.42. The van der Waals surface area contributed by atoms with Gasteiger partial charge in [-0.3, -0.25) is 4.57 Å². The summed E-state index contributed by atoms with van der Waals surface area (Å²) < 4.78 is 18.1. The molecule has 0 radical (unpaired) electrons. The molecule has 0 unspecified atom stereocenters. The Hall–Kier alpha value is 0.627. The van der Waals surface area contributed by atoms with Gasteiger partial charge in [0.25, 0.3) is 0 Å². The number of hydrogen-bond donors (Lipinski definition) is 0. The van der Waals surface area contributed by atoms with Gasteiger partial charge in [-0.2, -0.15) is 9.35 Å². The van der Waals surface area contributed by atoms with Crippen molar-refractivity contribution >= 4 is 7.82 Å². The molecule has 0 saturated carbocycles. The zero-order valence-corrected chi connectivity index (χ0v) is 8.21. The topological polar surface area (TPSA) is 77.1 Å². The molecule has 0 aromatic carbocycles. The van der Waals surface area contributed by atoms with Gasteiger partial charge in [-0.05, 0) is 13.8 Å². The zero-order valence-electron chi connectivity index (χ0n) is 7.31. The van der Waals surface area contributed by atoms with Crippen molar-refractivity contribution in [1.82, 2.24) is 0 Å². The van der Waals surface area contributed by atoms with E-state index < -0.39 is 7.82 Å². The molecule has 0 aliphatic rings. The zero-order chi connectivity index (χ0) is 8.74. The molecule has 68 valence electrons. The van der Waals surface area contributed by atoms with Crippen LogP contribution in [0.5, 0.6) is 0 Å². The average molecular weight is 192 g/mol. The van der Waals surface area contributed by atoms with Gasteiger partial charge in [0.15, 0.2) is 0 Å². The van der Waals surface area contributed by atoms with Gasteiger partial charge in [0.05, 0.1) is 13.2 Å². The maximum atomic E-state index is 10.5. The number of phosphoric acid groups is 1. The molecule has 0 amide bonds. The van der Waals surface area contributed by atoms with Gasteiger partial charge in [-0.25, -0.2) is 9.78 Å². The average Bonchev–Trinajstić information content (AvgIpc) is 1.97. The third-order valence-electron chi connectivity index (χ3n) is 0.524. The summed E-state index contributed by atoms with van der Waals surface area (Å²) in [5.74, 6) is 0. The van der Waals surface area contributed by atoms with Crippen LogP contribution in [0.15, 0.2) is 0 Å². The molecule has 0 bridgehead atoms. The molecule has 0 aliphatic heterocycles. The normalized spacial score (nSPS) is 10.9. The van der Waals surface area contributed by atoms with E-state index in [1.165, 1.54) is 0 Å². The summed E-state index contributed by atoms with van der Waals surface area (Å²) in [4.78, 5) is 18.7. The maximum absolute atomic E-state index is 10.5. The molecule has 12 heavy (non-hydrogen) atoms. The molecule has 0 aliphatic carbocycles. The van der Waals surface area contributed by atoms with Crippen molar-refractivity contribution < 1.29 is 47.4 Å². The third kappa shape index (κ3) is 8.72. The summed E-state index contributed by atoms with van der Waals surface area (Å²) in [6, 6.07) is 0. The minimum atomic E-state index is -4.42. The molecule has 0 N–H and O–H groups in total. The Labute approximate surface area is 82.8 Å². The van der Waals surface area contributed by atoms with E-state index in [1.54, 1.807) is 13.8 Å². The van der Waals surface area contributed by atoms with Gasteiger partial charge in [0, 0.05) is 0 Å². The second-order valence-corrected chi connectivity index (χ2v) is 2.60. The van der Waals surface area contributed by atoms with Crippen molar-refractivity contribution in [1.29, 1.82) is 0 Å². The van der Waals surface area contributed by atoms with Crippen LogP contribution in [0, 0.1) is 0 Å². The smallest absolute Gasteiger partial charge is 0.753 e. The molecule has 0 aromatic heterocycles. The van der Waals surface area contributed by atoms with E-state index in [9.17, 15) is 9.46 Å². The molecule has 0 heterocycles.